The molecular formula is C48H53ClF3N5O6S3. The molecule has 0 bridgehead atoms. The van der Waals surface area contributed by atoms with Crippen molar-refractivity contribution in [3.05, 3.63) is 137 Å². The molecule has 66 heavy (non-hydrogen) atoms. The number of carbonyl (C=O) groups is 1. The van der Waals surface area contributed by atoms with E-state index in [1.54, 1.807) is 12.1 Å². The first kappa shape index (κ1) is 49.3. The predicted octanol–water partition coefficient (Wildman–Crippen LogP) is 9.23. The zero-order valence-electron chi connectivity index (χ0n) is 36.6. The van der Waals surface area contributed by atoms with Crippen molar-refractivity contribution >= 4 is 60.5 Å². The van der Waals surface area contributed by atoms with Gasteiger partial charge in [-0.15, -0.1) is 11.8 Å². The fourth-order valence-electron chi connectivity index (χ4n) is 8.57. The van der Waals surface area contributed by atoms with E-state index >= 15 is 0 Å². The minimum absolute atomic E-state index is 0.0101. The van der Waals surface area contributed by atoms with Crippen LogP contribution in [0.3, 0.4) is 0 Å². The van der Waals surface area contributed by atoms with Gasteiger partial charge in [0.05, 0.1) is 23.8 Å². The molecule has 2 N–H and O–H groups in total. The Kier molecular flexibility index (Phi) is 16.1. The van der Waals surface area contributed by atoms with E-state index in [1.165, 1.54) is 29.5 Å². The Hall–Kier alpha value is -4.62. The van der Waals surface area contributed by atoms with Crippen LogP contribution >= 0.6 is 23.4 Å². The van der Waals surface area contributed by atoms with Crippen molar-refractivity contribution < 1.29 is 39.5 Å². The molecule has 1 unspecified atom stereocenters. The number of hydrogen-bond acceptors (Lipinski definition) is 11. The van der Waals surface area contributed by atoms with Gasteiger partial charge in [0.2, 0.25) is 0 Å². The number of alkyl halides is 3. The maximum Gasteiger partial charge on any atom is 0.501 e. The van der Waals surface area contributed by atoms with Crippen molar-refractivity contribution in [3.8, 4) is 11.1 Å². The summed E-state index contributed by atoms with van der Waals surface area (Å²) in [6, 6.07) is 34.1. The van der Waals surface area contributed by atoms with Crippen LogP contribution in [0, 0.1) is 5.92 Å². The first-order valence-electron chi connectivity index (χ1n) is 21.6. The molecule has 2 fully saturated rings. The number of nitrogens with zero attached hydrogens (tertiary/aromatic N) is 3. The molecule has 2 aliphatic rings. The van der Waals surface area contributed by atoms with E-state index in [9.17, 15) is 34.8 Å². The van der Waals surface area contributed by atoms with Crippen LogP contribution in [0.25, 0.3) is 11.1 Å². The molecule has 5 aromatic rings. The Labute approximate surface area is 394 Å². The fourth-order valence-corrected chi connectivity index (χ4v) is 11.7. The minimum Gasteiger partial charge on any atom is -0.380 e. The average molecular weight is 985 g/mol. The van der Waals surface area contributed by atoms with Crippen LogP contribution in [-0.4, -0.2) is 110 Å². The van der Waals surface area contributed by atoms with Crippen molar-refractivity contribution in [3.63, 3.8) is 0 Å². The van der Waals surface area contributed by atoms with Gasteiger partial charge < -0.3 is 19.9 Å². The summed E-state index contributed by atoms with van der Waals surface area (Å²) in [5.74, 6) is -0.320. The van der Waals surface area contributed by atoms with E-state index in [4.69, 9.17) is 16.3 Å². The topological polar surface area (TPSA) is 128 Å². The highest BCUT2D eigenvalue weighted by atomic mass is 35.5. The van der Waals surface area contributed by atoms with Crippen LogP contribution in [0.2, 0.25) is 5.02 Å². The van der Waals surface area contributed by atoms with Crippen molar-refractivity contribution in [2.24, 2.45) is 5.92 Å². The fraction of sp³-hybridized carbons (Fsp3) is 0.354. The van der Waals surface area contributed by atoms with Gasteiger partial charge in [0.25, 0.3) is 25.8 Å². The summed E-state index contributed by atoms with van der Waals surface area (Å²) >= 11 is 7.64. The van der Waals surface area contributed by atoms with Gasteiger partial charge in [-0.2, -0.15) is 13.2 Å². The van der Waals surface area contributed by atoms with E-state index in [1.807, 2.05) is 65.4 Å². The third kappa shape index (κ3) is 12.1. The number of rotatable bonds is 17. The summed E-state index contributed by atoms with van der Waals surface area (Å²) in [4.78, 5) is 18.8. The third-order valence-corrected chi connectivity index (χ3v) is 16.3. The molecule has 7 rings (SSSR count). The highest BCUT2D eigenvalue weighted by Crippen LogP contribution is 2.41. The van der Waals surface area contributed by atoms with E-state index in [2.05, 4.69) is 52.3 Å². The number of anilines is 2. The van der Waals surface area contributed by atoms with Gasteiger partial charge >= 0.3 is 5.51 Å². The first-order chi connectivity index (χ1) is 31.5. The van der Waals surface area contributed by atoms with E-state index in [0.29, 0.717) is 62.0 Å². The van der Waals surface area contributed by atoms with Gasteiger partial charge in [-0.3, -0.25) is 9.69 Å². The number of ether oxygens (including phenoxy) is 1. The van der Waals surface area contributed by atoms with Crippen LogP contribution in [0.15, 0.2) is 136 Å². The summed E-state index contributed by atoms with van der Waals surface area (Å²) in [5, 5.41) is 3.67. The molecule has 0 aliphatic carbocycles. The standard InChI is InChI=1S/C48H53ClF3N5O6S3/c1-55(2)46(43-11-7-6-10-42(43)34-12-16-37(49)17-13-34)35-22-26-57(27-23-35)39-18-14-36(15-19-39)47(58)54-66(61,62)41-20-21-44(45(32-41)65(59,60)48(50,51)52)53-38(24-25-56-28-30-63-31-29-56)33-64-40-8-4-3-5-9-40/h3-21,32,35,38,46,53H,22-31,33H2,1-2H3,(H,54,58)/t38-,46?/m1/s1. The molecule has 352 valence electrons. The summed E-state index contributed by atoms with van der Waals surface area (Å²) in [6.45, 7) is 4.49. The molecule has 11 nitrogen and oxygen atoms in total. The molecule has 2 aliphatic heterocycles. The van der Waals surface area contributed by atoms with E-state index in [-0.39, 0.29) is 11.6 Å². The second kappa shape index (κ2) is 21.6. The quantitative estimate of drug-likeness (QED) is 0.0866. The second-order valence-electron chi connectivity index (χ2n) is 16.6. The minimum atomic E-state index is -6.06. The Morgan fingerprint density at radius 1 is 0.848 bits per heavy atom. The molecule has 5 aromatic carbocycles. The molecule has 1 amide bonds. The number of hydrogen-bond donors (Lipinski definition) is 2. The number of amides is 1. The lowest BCUT2D eigenvalue weighted by Crippen LogP contribution is -2.39. The summed E-state index contributed by atoms with van der Waals surface area (Å²) < 4.78 is 103. The third-order valence-electron chi connectivity index (χ3n) is 12.0. The van der Waals surface area contributed by atoms with Gasteiger partial charge in [-0.25, -0.2) is 21.6 Å². The van der Waals surface area contributed by atoms with Gasteiger partial charge in [-0.05, 0) is 123 Å². The van der Waals surface area contributed by atoms with Gasteiger partial charge in [-0.1, -0.05) is 66.2 Å². The second-order valence-corrected chi connectivity index (χ2v) is 21.7. The predicted molar refractivity (Wildman–Crippen MR) is 255 cm³/mol. The van der Waals surface area contributed by atoms with Crippen LogP contribution in [0.5, 0.6) is 0 Å². The van der Waals surface area contributed by atoms with Crippen molar-refractivity contribution in [1.29, 1.82) is 0 Å². The Morgan fingerprint density at radius 3 is 2.15 bits per heavy atom. The average Bonchev–Trinajstić information content (AvgIpc) is 3.31. The van der Waals surface area contributed by atoms with E-state index < -0.39 is 52.8 Å². The maximum atomic E-state index is 14.2. The maximum absolute atomic E-state index is 14.2. The summed E-state index contributed by atoms with van der Waals surface area (Å²) in [7, 11) is -6.73. The lowest BCUT2D eigenvalue weighted by Gasteiger charge is -2.40. The summed E-state index contributed by atoms with van der Waals surface area (Å²) in [5.41, 5.74) is -1.84. The number of nitrogens with one attached hydrogen (secondary N) is 2. The van der Waals surface area contributed by atoms with E-state index in [0.717, 1.165) is 59.8 Å². The zero-order valence-corrected chi connectivity index (χ0v) is 39.8. The number of benzene rings is 5. The van der Waals surface area contributed by atoms with Gasteiger partial charge in [0, 0.05) is 71.7 Å². The largest absolute Gasteiger partial charge is 0.501 e. The summed E-state index contributed by atoms with van der Waals surface area (Å²) in [6.07, 6.45) is 2.22. The number of sulfone groups is 1. The SMILES string of the molecule is CN(C)C(c1ccccc1-c1ccc(Cl)cc1)C1CCN(c2ccc(C(=O)NS(=O)(=O)c3ccc(N[C@H](CCN4CCOCC4)CSc4ccccc4)c(S(=O)(=O)C(F)(F)F)c3)cc2)CC1. The molecular weight excluding hydrogens is 931 g/mol. The first-order valence-corrected chi connectivity index (χ1v) is 26.0. The van der Waals surface area contributed by atoms with Gasteiger partial charge in [0.1, 0.15) is 4.90 Å². The van der Waals surface area contributed by atoms with Crippen LogP contribution in [-0.2, 0) is 24.6 Å². The number of sulfonamides is 1. The lowest BCUT2D eigenvalue weighted by molar-refractivity contribution is -0.0435. The molecule has 0 spiro atoms. The Bertz CT molecular complexity index is 2650. The monoisotopic (exact) mass is 983 g/mol. The molecule has 0 saturated carbocycles. The molecule has 0 aromatic heterocycles. The molecule has 2 saturated heterocycles. The van der Waals surface area contributed by atoms with Crippen LogP contribution in [0.4, 0.5) is 24.5 Å². The number of carbonyl (C=O) groups excluding carboxylic acids is 1. The zero-order chi connectivity index (χ0) is 47.1. The highest BCUT2D eigenvalue weighted by molar-refractivity contribution is 7.99. The smallest absolute Gasteiger partial charge is 0.380 e. The number of piperidine rings is 1. The molecule has 2 atom stereocenters. The highest BCUT2D eigenvalue weighted by Gasteiger charge is 2.48. The molecule has 18 heteroatoms. The number of morpholine rings is 1. The van der Waals surface area contributed by atoms with Crippen LogP contribution < -0.4 is 14.9 Å². The molecule has 2 heterocycles. The number of halogens is 4. The Morgan fingerprint density at radius 2 is 1.50 bits per heavy atom. The normalized spacial score (nSPS) is 16.5. The van der Waals surface area contributed by atoms with Crippen molar-refractivity contribution in [2.75, 3.05) is 76.0 Å². The Balaban J connectivity index is 1.04. The lowest BCUT2D eigenvalue weighted by atomic mass is 9.81. The van der Waals surface area contributed by atoms with Gasteiger partial charge in [0.15, 0.2) is 0 Å². The number of thioether (sulfide) groups is 1. The van der Waals surface area contributed by atoms with Crippen molar-refractivity contribution in [1.82, 2.24) is 14.5 Å². The molecule has 0 radical (unpaired) electrons. The van der Waals surface area contributed by atoms with Crippen molar-refractivity contribution in [2.45, 2.75) is 51.5 Å². The van der Waals surface area contributed by atoms with Crippen LogP contribution in [0.1, 0.15) is 41.2 Å².